The van der Waals surface area contributed by atoms with Gasteiger partial charge in [0, 0.05) is 30.4 Å². The summed E-state index contributed by atoms with van der Waals surface area (Å²) in [5.74, 6) is 0.105. The molecule has 2 rings (SSSR count). The maximum atomic E-state index is 12.0. The topological polar surface area (TPSA) is 20.3 Å². The smallest absolute Gasteiger partial charge is 0.187 e. The number of hydrogen-bond acceptors (Lipinski definition) is 2. The van der Waals surface area contributed by atoms with Gasteiger partial charge in [0.1, 0.15) is 0 Å². The molecule has 1 aromatic carbocycles. The van der Waals surface area contributed by atoms with E-state index < -0.39 is 0 Å². The zero-order valence-electron chi connectivity index (χ0n) is 10.4. The molecule has 1 aliphatic heterocycles. The highest BCUT2D eigenvalue weighted by Gasteiger charge is 2.11. The molecule has 2 nitrogen and oxygen atoms in total. The third-order valence-corrected chi connectivity index (χ3v) is 3.25. The number of likely N-dealkylation sites (tertiary alicyclic amines) is 1. The van der Waals surface area contributed by atoms with Crippen LogP contribution in [-0.2, 0) is 0 Å². The predicted molar refractivity (Wildman–Crippen MR) is 70.0 cm³/mol. The number of carbonyl (C=O) groups excluding carboxylic acids is 1. The fourth-order valence-corrected chi connectivity index (χ4v) is 2.21. The number of benzene rings is 1. The van der Waals surface area contributed by atoms with Crippen LogP contribution in [0.25, 0.3) is 0 Å². The fourth-order valence-electron chi connectivity index (χ4n) is 2.21. The quantitative estimate of drug-likeness (QED) is 0.585. The number of carbonyl (C=O) groups is 1. The van der Waals surface area contributed by atoms with Crippen molar-refractivity contribution in [1.82, 2.24) is 4.90 Å². The van der Waals surface area contributed by atoms with Crippen molar-refractivity contribution in [3.63, 3.8) is 0 Å². The van der Waals surface area contributed by atoms with Gasteiger partial charge in [0.2, 0.25) is 0 Å². The zero-order chi connectivity index (χ0) is 12.1. The summed E-state index contributed by atoms with van der Waals surface area (Å²) >= 11 is 0. The minimum Gasteiger partial charge on any atom is -0.375 e. The van der Waals surface area contributed by atoms with E-state index >= 15 is 0 Å². The molecule has 0 bridgehead atoms. The van der Waals surface area contributed by atoms with Crippen LogP contribution < -0.4 is 0 Å². The summed E-state index contributed by atoms with van der Waals surface area (Å²) in [7, 11) is 0. The van der Waals surface area contributed by atoms with E-state index in [1.54, 1.807) is 6.08 Å². The van der Waals surface area contributed by atoms with Crippen molar-refractivity contribution in [3.8, 4) is 0 Å². The average Bonchev–Trinajstić information content (AvgIpc) is 2.40. The first-order chi connectivity index (χ1) is 8.27. The highest BCUT2D eigenvalue weighted by Crippen LogP contribution is 2.15. The molecule has 17 heavy (non-hydrogen) atoms. The van der Waals surface area contributed by atoms with Gasteiger partial charge in [-0.15, -0.1) is 0 Å². The number of hydrogen-bond donors (Lipinski definition) is 0. The van der Waals surface area contributed by atoms with E-state index in [4.69, 9.17) is 0 Å². The Hall–Kier alpha value is -1.57. The fraction of sp³-hybridized carbons (Fsp3) is 0.400. The molecule has 0 amide bonds. The maximum absolute atomic E-state index is 12.0. The highest BCUT2D eigenvalue weighted by molar-refractivity contribution is 6.04. The van der Waals surface area contributed by atoms with Crippen molar-refractivity contribution in [2.75, 3.05) is 13.1 Å². The normalized spacial score (nSPS) is 17.0. The van der Waals surface area contributed by atoms with Gasteiger partial charge < -0.3 is 4.90 Å². The standard InChI is InChI=1S/C15H19NO/c1-13(16-10-6-3-7-11-16)12-15(17)14-8-4-2-5-9-14/h2,4-5,8-9,12H,3,6-7,10-11H2,1H3/b13-12+. The molecule has 1 fully saturated rings. The first kappa shape index (κ1) is 11.9. The Balaban J connectivity index is 2.05. The maximum Gasteiger partial charge on any atom is 0.187 e. The first-order valence-electron chi connectivity index (χ1n) is 6.30. The Morgan fingerprint density at radius 1 is 1.12 bits per heavy atom. The number of nitrogens with zero attached hydrogens (tertiary/aromatic N) is 1. The minimum atomic E-state index is 0.105. The predicted octanol–water partition coefficient (Wildman–Crippen LogP) is 3.26. The van der Waals surface area contributed by atoms with Crippen LogP contribution in [-0.4, -0.2) is 23.8 Å². The second-order valence-corrected chi connectivity index (χ2v) is 4.56. The second-order valence-electron chi connectivity index (χ2n) is 4.56. The van der Waals surface area contributed by atoms with Crippen molar-refractivity contribution in [1.29, 1.82) is 0 Å². The molecule has 1 saturated heterocycles. The Morgan fingerprint density at radius 2 is 1.76 bits per heavy atom. The highest BCUT2D eigenvalue weighted by atomic mass is 16.1. The molecule has 0 saturated carbocycles. The molecule has 1 aliphatic rings. The van der Waals surface area contributed by atoms with E-state index in [1.807, 2.05) is 37.3 Å². The largest absolute Gasteiger partial charge is 0.375 e. The van der Waals surface area contributed by atoms with E-state index in [1.165, 1.54) is 19.3 Å². The first-order valence-corrected chi connectivity index (χ1v) is 6.30. The van der Waals surface area contributed by atoms with E-state index in [-0.39, 0.29) is 5.78 Å². The molecule has 90 valence electrons. The Labute approximate surface area is 103 Å². The van der Waals surface area contributed by atoms with Gasteiger partial charge in [-0.2, -0.15) is 0 Å². The molecule has 0 atom stereocenters. The summed E-state index contributed by atoms with van der Waals surface area (Å²) in [6.45, 7) is 4.21. The van der Waals surface area contributed by atoms with Crippen molar-refractivity contribution in [2.24, 2.45) is 0 Å². The molecule has 1 aromatic rings. The van der Waals surface area contributed by atoms with Crippen molar-refractivity contribution >= 4 is 5.78 Å². The monoisotopic (exact) mass is 229 g/mol. The van der Waals surface area contributed by atoms with Gasteiger partial charge in [0.25, 0.3) is 0 Å². The lowest BCUT2D eigenvalue weighted by atomic mass is 10.1. The Morgan fingerprint density at radius 3 is 2.41 bits per heavy atom. The van der Waals surface area contributed by atoms with E-state index in [0.29, 0.717) is 0 Å². The van der Waals surface area contributed by atoms with Crippen LogP contribution in [0.1, 0.15) is 36.5 Å². The van der Waals surface area contributed by atoms with E-state index in [9.17, 15) is 4.79 Å². The number of piperidine rings is 1. The van der Waals surface area contributed by atoms with E-state index in [2.05, 4.69) is 4.90 Å². The molecule has 0 radical (unpaired) electrons. The van der Waals surface area contributed by atoms with Crippen molar-refractivity contribution in [2.45, 2.75) is 26.2 Å². The van der Waals surface area contributed by atoms with Gasteiger partial charge in [-0.1, -0.05) is 30.3 Å². The minimum absolute atomic E-state index is 0.105. The van der Waals surface area contributed by atoms with E-state index in [0.717, 1.165) is 24.4 Å². The number of allylic oxidation sites excluding steroid dienone is 2. The number of rotatable bonds is 3. The molecule has 0 aromatic heterocycles. The summed E-state index contributed by atoms with van der Waals surface area (Å²) in [6.07, 6.45) is 5.56. The lowest BCUT2D eigenvalue weighted by Gasteiger charge is -2.29. The van der Waals surface area contributed by atoms with Gasteiger partial charge in [-0.3, -0.25) is 4.79 Å². The van der Waals surface area contributed by atoms with Crippen LogP contribution in [0.4, 0.5) is 0 Å². The SMILES string of the molecule is C/C(=C\C(=O)c1ccccc1)N1CCCCC1. The summed E-state index contributed by atoms with van der Waals surface area (Å²) in [6, 6.07) is 9.46. The second kappa shape index (κ2) is 5.67. The van der Waals surface area contributed by atoms with Gasteiger partial charge >= 0.3 is 0 Å². The molecule has 2 heteroatoms. The van der Waals surface area contributed by atoms with Crippen LogP contribution in [0.15, 0.2) is 42.1 Å². The molecule has 0 unspecified atom stereocenters. The molecule has 0 N–H and O–H groups in total. The van der Waals surface area contributed by atoms with Gasteiger partial charge in [-0.05, 0) is 26.2 Å². The van der Waals surface area contributed by atoms with Crippen molar-refractivity contribution in [3.05, 3.63) is 47.7 Å². The van der Waals surface area contributed by atoms with Crippen molar-refractivity contribution < 1.29 is 4.79 Å². The number of ketones is 1. The van der Waals surface area contributed by atoms with Crippen LogP contribution in [0.2, 0.25) is 0 Å². The Kier molecular flexibility index (Phi) is 3.97. The lowest BCUT2D eigenvalue weighted by Crippen LogP contribution is -2.28. The third-order valence-electron chi connectivity index (χ3n) is 3.25. The zero-order valence-corrected chi connectivity index (χ0v) is 10.4. The molecule has 0 spiro atoms. The Bertz CT molecular complexity index is 402. The molecular formula is C15H19NO. The third kappa shape index (κ3) is 3.19. The summed E-state index contributed by atoms with van der Waals surface area (Å²) in [5.41, 5.74) is 1.86. The average molecular weight is 229 g/mol. The molecule has 1 heterocycles. The summed E-state index contributed by atoms with van der Waals surface area (Å²) in [5, 5.41) is 0. The van der Waals surface area contributed by atoms with Gasteiger partial charge in [0.15, 0.2) is 5.78 Å². The van der Waals surface area contributed by atoms with Crippen LogP contribution in [0, 0.1) is 0 Å². The lowest BCUT2D eigenvalue weighted by molar-refractivity contribution is 0.104. The summed E-state index contributed by atoms with van der Waals surface area (Å²) in [4.78, 5) is 14.3. The van der Waals surface area contributed by atoms with Crippen LogP contribution >= 0.6 is 0 Å². The van der Waals surface area contributed by atoms with Gasteiger partial charge in [0.05, 0.1) is 0 Å². The molecule has 0 aliphatic carbocycles. The molecular weight excluding hydrogens is 210 g/mol. The van der Waals surface area contributed by atoms with Crippen LogP contribution in [0.3, 0.4) is 0 Å². The summed E-state index contributed by atoms with van der Waals surface area (Å²) < 4.78 is 0. The van der Waals surface area contributed by atoms with Gasteiger partial charge in [-0.25, -0.2) is 0 Å². The van der Waals surface area contributed by atoms with Crippen LogP contribution in [0.5, 0.6) is 0 Å².